The molecule has 130 valence electrons. The summed E-state index contributed by atoms with van der Waals surface area (Å²) in [7, 11) is 1.55. The van der Waals surface area contributed by atoms with Crippen molar-refractivity contribution in [3.8, 4) is 0 Å². The summed E-state index contributed by atoms with van der Waals surface area (Å²) in [6.07, 6.45) is 0. The van der Waals surface area contributed by atoms with Crippen LogP contribution in [0.15, 0.2) is 42.5 Å². The first-order valence-electron chi connectivity index (χ1n) is 7.88. The van der Waals surface area contributed by atoms with Crippen molar-refractivity contribution in [2.24, 2.45) is 0 Å². The van der Waals surface area contributed by atoms with E-state index in [1.807, 2.05) is 19.9 Å². The zero-order valence-electron chi connectivity index (χ0n) is 14.5. The van der Waals surface area contributed by atoms with Gasteiger partial charge in [0.05, 0.1) is 6.54 Å². The molecular weight excluding hydrogens is 318 g/mol. The van der Waals surface area contributed by atoms with Gasteiger partial charge in [-0.2, -0.15) is 0 Å². The molecule has 6 nitrogen and oxygen atoms in total. The van der Waals surface area contributed by atoms with Crippen LogP contribution >= 0.6 is 0 Å². The first-order valence-corrected chi connectivity index (χ1v) is 7.88. The number of carbonyl (C=O) groups is 3. The molecule has 0 atom stereocenters. The highest BCUT2D eigenvalue weighted by atomic mass is 16.2. The molecule has 0 spiro atoms. The molecule has 0 radical (unpaired) electrons. The maximum Gasteiger partial charge on any atom is 0.251 e. The summed E-state index contributed by atoms with van der Waals surface area (Å²) >= 11 is 0. The number of anilines is 1. The first-order chi connectivity index (χ1) is 11.9. The fourth-order valence-electron chi connectivity index (χ4n) is 2.20. The van der Waals surface area contributed by atoms with Gasteiger partial charge in [-0.3, -0.25) is 14.4 Å². The Morgan fingerprint density at radius 1 is 0.840 bits per heavy atom. The molecule has 3 amide bonds. The third-order valence-corrected chi connectivity index (χ3v) is 3.84. The second-order valence-corrected chi connectivity index (χ2v) is 5.69. The molecule has 3 N–H and O–H groups in total. The van der Waals surface area contributed by atoms with Crippen molar-refractivity contribution in [3.05, 3.63) is 64.7 Å². The van der Waals surface area contributed by atoms with E-state index >= 15 is 0 Å². The van der Waals surface area contributed by atoms with Crippen molar-refractivity contribution in [1.29, 1.82) is 0 Å². The number of aryl methyl sites for hydroxylation is 2. The van der Waals surface area contributed by atoms with Gasteiger partial charge in [0.1, 0.15) is 0 Å². The summed E-state index contributed by atoms with van der Waals surface area (Å²) in [6, 6.07) is 11.9. The van der Waals surface area contributed by atoms with E-state index in [4.69, 9.17) is 0 Å². The molecule has 2 aromatic carbocycles. The quantitative estimate of drug-likeness (QED) is 0.779. The van der Waals surface area contributed by atoms with Gasteiger partial charge in [0, 0.05) is 23.9 Å². The van der Waals surface area contributed by atoms with Gasteiger partial charge < -0.3 is 16.0 Å². The molecule has 0 aliphatic carbocycles. The fourth-order valence-corrected chi connectivity index (χ4v) is 2.20. The lowest BCUT2D eigenvalue weighted by molar-refractivity contribution is -0.115. The number of rotatable bonds is 5. The highest BCUT2D eigenvalue weighted by Gasteiger charge is 2.09. The van der Waals surface area contributed by atoms with Crippen molar-refractivity contribution in [2.45, 2.75) is 13.8 Å². The average molecular weight is 339 g/mol. The van der Waals surface area contributed by atoms with Crippen LogP contribution in [0.1, 0.15) is 31.8 Å². The molecular formula is C19H21N3O3. The minimum absolute atomic E-state index is 0.136. The minimum Gasteiger partial charge on any atom is -0.355 e. The predicted octanol–water partition coefficient (Wildman–Crippen LogP) is 2.03. The summed E-state index contributed by atoms with van der Waals surface area (Å²) in [4.78, 5) is 35.5. The molecule has 2 rings (SSSR count). The van der Waals surface area contributed by atoms with Crippen molar-refractivity contribution in [2.75, 3.05) is 18.9 Å². The lowest BCUT2D eigenvalue weighted by Crippen LogP contribution is -2.32. The smallest absolute Gasteiger partial charge is 0.251 e. The van der Waals surface area contributed by atoms with Crippen LogP contribution in [0, 0.1) is 13.8 Å². The van der Waals surface area contributed by atoms with Crippen molar-refractivity contribution >= 4 is 23.4 Å². The van der Waals surface area contributed by atoms with Gasteiger partial charge in [-0.05, 0) is 61.4 Å². The maximum atomic E-state index is 12.1. The molecule has 6 heteroatoms. The van der Waals surface area contributed by atoms with E-state index in [0.717, 1.165) is 11.1 Å². The lowest BCUT2D eigenvalue weighted by Gasteiger charge is -2.09. The number of benzene rings is 2. The molecule has 0 aliphatic rings. The summed E-state index contributed by atoms with van der Waals surface area (Å²) in [5.41, 5.74) is 3.70. The monoisotopic (exact) mass is 339 g/mol. The fraction of sp³-hybridized carbons (Fsp3) is 0.211. The Morgan fingerprint density at radius 2 is 1.48 bits per heavy atom. The summed E-state index contributed by atoms with van der Waals surface area (Å²) in [6.45, 7) is 3.77. The third-order valence-electron chi connectivity index (χ3n) is 3.84. The normalized spacial score (nSPS) is 10.0. The summed E-state index contributed by atoms with van der Waals surface area (Å²) < 4.78 is 0. The molecule has 0 saturated carbocycles. The standard InChI is InChI=1S/C19H21N3O3/c1-12-4-5-15(10-13(12)2)19(25)21-11-17(23)22-16-8-6-14(7-9-16)18(24)20-3/h4-10H,11H2,1-3H3,(H,20,24)(H,21,25)(H,22,23). The number of amides is 3. The van der Waals surface area contributed by atoms with Gasteiger partial charge in [-0.1, -0.05) is 6.07 Å². The first kappa shape index (κ1) is 18.2. The molecule has 0 fully saturated rings. The summed E-state index contributed by atoms with van der Waals surface area (Å²) in [5, 5.41) is 7.78. The Labute approximate surface area is 146 Å². The van der Waals surface area contributed by atoms with Crippen LogP contribution in [0.25, 0.3) is 0 Å². The van der Waals surface area contributed by atoms with E-state index in [9.17, 15) is 14.4 Å². The van der Waals surface area contributed by atoms with Crippen LogP contribution in [0.2, 0.25) is 0 Å². The largest absolute Gasteiger partial charge is 0.355 e. The van der Waals surface area contributed by atoms with E-state index < -0.39 is 0 Å². The van der Waals surface area contributed by atoms with Gasteiger partial charge in [0.25, 0.3) is 11.8 Å². The van der Waals surface area contributed by atoms with E-state index in [2.05, 4.69) is 16.0 Å². The molecule has 2 aromatic rings. The van der Waals surface area contributed by atoms with Gasteiger partial charge in [0.2, 0.25) is 5.91 Å². The molecule has 0 aliphatic heterocycles. The Bertz CT molecular complexity index is 798. The van der Waals surface area contributed by atoms with Crippen LogP contribution in [0.3, 0.4) is 0 Å². The number of carbonyl (C=O) groups excluding carboxylic acids is 3. The van der Waals surface area contributed by atoms with Crippen molar-refractivity contribution < 1.29 is 14.4 Å². The van der Waals surface area contributed by atoms with E-state index in [0.29, 0.717) is 16.8 Å². The maximum absolute atomic E-state index is 12.1. The molecule has 0 bridgehead atoms. The second-order valence-electron chi connectivity index (χ2n) is 5.69. The van der Waals surface area contributed by atoms with Crippen LogP contribution in [-0.4, -0.2) is 31.3 Å². The zero-order chi connectivity index (χ0) is 18.4. The van der Waals surface area contributed by atoms with Gasteiger partial charge in [0.15, 0.2) is 0 Å². The van der Waals surface area contributed by atoms with Crippen molar-refractivity contribution in [3.63, 3.8) is 0 Å². The Hall–Kier alpha value is -3.15. The zero-order valence-corrected chi connectivity index (χ0v) is 14.5. The number of nitrogens with one attached hydrogen (secondary N) is 3. The van der Waals surface area contributed by atoms with Crippen LogP contribution in [0.4, 0.5) is 5.69 Å². The SMILES string of the molecule is CNC(=O)c1ccc(NC(=O)CNC(=O)c2ccc(C)c(C)c2)cc1. The lowest BCUT2D eigenvalue weighted by atomic mass is 10.1. The van der Waals surface area contributed by atoms with Crippen LogP contribution in [0.5, 0.6) is 0 Å². The number of hydrogen-bond donors (Lipinski definition) is 3. The molecule has 0 heterocycles. The highest BCUT2D eigenvalue weighted by molar-refractivity contribution is 6.00. The van der Waals surface area contributed by atoms with Crippen LogP contribution < -0.4 is 16.0 Å². The van der Waals surface area contributed by atoms with E-state index in [-0.39, 0.29) is 24.3 Å². The summed E-state index contributed by atoms with van der Waals surface area (Å²) in [5.74, 6) is -0.836. The highest BCUT2D eigenvalue weighted by Crippen LogP contribution is 2.10. The number of hydrogen-bond acceptors (Lipinski definition) is 3. The van der Waals surface area contributed by atoms with Gasteiger partial charge >= 0.3 is 0 Å². The topological polar surface area (TPSA) is 87.3 Å². The average Bonchev–Trinajstić information content (AvgIpc) is 2.62. The van der Waals surface area contributed by atoms with E-state index in [1.165, 1.54) is 0 Å². The molecule has 0 unspecified atom stereocenters. The Morgan fingerprint density at radius 3 is 2.08 bits per heavy atom. The van der Waals surface area contributed by atoms with Crippen LogP contribution in [-0.2, 0) is 4.79 Å². The minimum atomic E-state index is -0.343. The predicted molar refractivity (Wildman–Crippen MR) is 96.7 cm³/mol. The van der Waals surface area contributed by atoms with E-state index in [1.54, 1.807) is 43.4 Å². The van der Waals surface area contributed by atoms with Gasteiger partial charge in [-0.25, -0.2) is 0 Å². The second kappa shape index (κ2) is 8.10. The van der Waals surface area contributed by atoms with Crippen molar-refractivity contribution in [1.82, 2.24) is 10.6 Å². The molecule has 0 saturated heterocycles. The Kier molecular flexibility index (Phi) is 5.89. The molecule has 0 aromatic heterocycles. The Balaban J connectivity index is 1.88. The third kappa shape index (κ3) is 4.91. The van der Waals surface area contributed by atoms with Gasteiger partial charge in [-0.15, -0.1) is 0 Å². The molecule has 25 heavy (non-hydrogen) atoms.